The molecule has 104 valence electrons. The lowest BCUT2D eigenvalue weighted by Gasteiger charge is -2.13. The number of hydrogen-bond acceptors (Lipinski definition) is 3. The molecule has 0 saturated carbocycles. The van der Waals surface area contributed by atoms with Crippen LogP contribution in [0.5, 0.6) is 0 Å². The molecule has 0 saturated heterocycles. The molecular weight excluding hydrogens is 282 g/mol. The van der Waals surface area contributed by atoms with Gasteiger partial charge >= 0.3 is 0 Å². The number of nitrogens with two attached hydrogens (primary N) is 1. The van der Waals surface area contributed by atoms with Gasteiger partial charge in [0.2, 0.25) is 0 Å². The molecule has 3 rings (SSSR count). The number of nitrogens with one attached hydrogen (secondary N) is 1. The summed E-state index contributed by atoms with van der Waals surface area (Å²) in [5, 5.41) is 3.67. The molecule has 0 unspecified atom stereocenters. The molecule has 21 heavy (non-hydrogen) atoms. The maximum atomic E-state index is 5.94. The van der Waals surface area contributed by atoms with Crippen LogP contribution in [0.25, 0.3) is 11.1 Å². The van der Waals surface area contributed by atoms with E-state index in [0.717, 1.165) is 16.8 Å². The van der Waals surface area contributed by atoms with E-state index in [9.17, 15) is 0 Å². The predicted octanol–water partition coefficient (Wildman–Crippen LogP) is 4.73. The summed E-state index contributed by atoms with van der Waals surface area (Å²) in [6.45, 7) is 0. The minimum absolute atomic E-state index is 0.406. The molecular formula is C17H14ClN3. The van der Waals surface area contributed by atoms with E-state index in [-0.39, 0.29) is 0 Å². The van der Waals surface area contributed by atoms with Gasteiger partial charge in [-0.15, -0.1) is 0 Å². The number of pyridine rings is 1. The number of halogens is 1. The maximum absolute atomic E-state index is 5.94. The number of para-hydroxylation sites is 1. The molecule has 3 aromatic rings. The second-order valence-corrected chi connectivity index (χ2v) is 5.00. The Labute approximate surface area is 128 Å². The third-order valence-electron chi connectivity index (χ3n) is 3.16. The number of rotatable bonds is 3. The number of hydrogen-bond donors (Lipinski definition) is 2. The number of nitrogen functional groups attached to an aromatic ring is 1. The van der Waals surface area contributed by atoms with Crippen LogP contribution in [-0.4, -0.2) is 4.98 Å². The second kappa shape index (κ2) is 5.85. The van der Waals surface area contributed by atoms with E-state index in [1.54, 1.807) is 12.1 Å². The fourth-order valence-electron chi connectivity index (χ4n) is 2.14. The molecule has 0 spiro atoms. The van der Waals surface area contributed by atoms with E-state index in [2.05, 4.69) is 28.5 Å². The van der Waals surface area contributed by atoms with E-state index in [4.69, 9.17) is 17.3 Å². The summed E-state index contributed by atoms with van der Waals surface area (Å²) >= 11 is 5.93. The molecule has 4 heteroatoms. The van der Waals surface area contributed by atoms with Crippen molar-refractivity contribution in [1.82, 2.24) is 4.98 Å². The van der Waals surface area contributed by atoms with Gasteiger partial charge in [0.15, 0.2) is 5.82 Å². The molecule has 0 aliphatic rings. The van der Waals surface area contributed by atoms with Crippen molar-refractivity contribution in [2.75, 3.05) is 11.1 Å². The van der Waals surface area contributed by atoms with Gasteiger partial charge in [-0.1, -0.05) is 60.1 Å². The third-order valence-corrected chi connectivity index (χ3v) is 3.37. The molecule has 1 aromatic heterocycles. The van der Waals surface area contributed by atoms with Crippen molar-refractivity contribution in [2.45, 2.75) is 0 Å². The van der Waals surface area contributed by atoms with E-state index >= 15 is 0 Å². The molecule has 0 aliphatic carbocycles. The molecule has 2 aromatic carbocycles. The van der Waals surface area contributed by atoms with E-state index in [0.29, 0.717) is 16.7 Å². The predicted molar refractivity (Wildman–Crippen MR) is 88.8 cm³/mol. The first-order valence-electron chi connectivity index (χ1n) is 6.57. The standard InChI is InChI=1S/C17H14ClN3/c18-16-11-10-14(19)17(21-16)20-15-9-5-4-8-13(15)12-6-2-1-3-7-12/h1-11H,19H2,(H,20,21). The fourth-order valence-corrected chi connectivity index (χ4v) is 2.28. The SMILES string of the molecule is Nc1ccc(Cl)nc1Nc1ccccc1-c1ccccc1. The zero-order chi connectivity index (χ0) is 14.7. The topological polar surface area (TPSA) is 50.9 Å². The van der Waals surface area contributed by atoms with E-state index in [1.165, 1.54) is 0 Å². The molecule has 0 aliphatic heterocycles. The molecule has 0 radical (unpaired) electrons. The molecule has 0 amide bonds. The van der Waals surface area contributed by atoms with Gasteiger partial charge in [0.25, 0.3) is 0 Å². The molecule has 0 bridgehead atoms. The Morgan fingerprint density at radius 1 is 0.857 bits per heavy atom. The maximum Gasteiger partial charge on any atom is 0.155 e. The van der Waals surface area contributed by atoms with Gasteiger partial charge in [0.05, 0.1) is 5.69 Å². The number of nitrogens with zero attached hydrogens (tertiary/aromatic N) is 1. The summed E-state index contributed by atoms with van der Waals surface area (Å²) in [6, 6.07) is 21.6. The average Bonchev–Trinajstić information content (AvgIpc) is 2.52. The minimum Gasteiger partial charge on any atom is -0.396 e. The van der Waals surface area contributed by atoms with Gasteiger partial charge in [-0.3, -0.25) is 0 Å². The van der Waals surface area contributed by atoms with Gasteiger partial charge < -0.3 is 11.1 Å². The highest BCUT2D eigenvalue weighted by atomic mass is 35.5. The lowest BCUT2D eigenvalue weighted by atomic mass is 10.0. The zero-order valence-corrected chi connectivity index (χ0v) is 12.0. The third kappa shape index (κ3) is 2.98. The molecule has 3 N–H and O–H groups in total. The zero-order valence-electron chi connectivity index (χ0n) is 11.3. The van der Waals surface area contributed by atoms with Crippen molar-refractivity contribution in [3.8, 4) is 11.1 Å². The Bertz CT molecular complexity index is 757. The number of benzene rings is 2. The quantitative estimate of drug-likeness (QED) is 0.687. The average molecular weight is 296 g/mol. The minimum atomic E-state index is 0.406. The summed E-state index contributed by atoms with van der Waals surface area (Å²) in [7, 11) is 0. The Morgan fingerprint density at radius 2 is 1.57 bits per heavy atom. The summed E-state index contributed by atoms with van der Waals surface area (Å²) in [6.07, 6.45) is 0. The van der Waals surface area contributed by atoms with Crippen LogP contribution in [0.1, 0.15) is 0 Å². The molecule has 0 fully saturated rings. The van der Waals surface area contributed by atoms with Crippen molar-refractivity contribution in [2.24, 2.45) is 0 Å². The number of aromatic nitrogens is 1. The van der Waals surface area contributed by atoms with Crippen molar-refractivity contribution < 1.29 is 0 Å². The van der Waals surface area contributed by atoms with E-state index in [1.807, 2.05) is 36.4 Å². The summed E-state index contributed by atoms with van der Waals surface area (Å²) in [4.78, 5) is 4.23. The van der Waals surface area contributed by atoms with Crippen molar-refractivity contribution in [3.05, 3.63) is 71.9 Å². The van der Waals surface area contributed by atoms with Gasteiger partial charge in [0.1, 0.15) is 5.15 Å². The van der Waals surface area contributed by atoms with Crippen LogP contribution in [-0.2, 0) is 0 Å². The fraction of sp³-hybridized carbons (Fsp3) is 0. The lowest BCUT2D eigenvalue weighted by Crippen LogP contribution is -2.00. The van der Waals surface area contributed by atoms with Crippen LogP contribution in [0.15, 0.2) is 66.7 Å². The summed E-state index contributed by atoms with van der Waals surface area (Å²) in [5.74, 6) is 0.561. The van der Waals surface area contributed by atoms with E-state index < -0.39 is 0 Å². The van der Waals surface area contributed by atoms with Crippen molar-refractivity contribution in [3.63, 3.8) is 0 Å². The Kier molecular flexibility index (Phi) is 3.75. The highest BCUT2D eigenvalue weighted by molar-refractivity contribution is 6.29. The first kappa shape index (κ1) is 13.5. The molecule has 3 nitrogen and oxygen atoms in total. The molecule has 1 heterocycles. The highest BCUT2D eigenvalue weighted by Crippen LogP contribution is 2.31. The van der Waals surface area contributed by atoms with Crippen molar-refractivity contribution >= 4 is 28.8 Å². The van der Waals surface area contributed by atoms with Crippen LogP contribution in [0.2, 0.25) is 5.15 Å². The Balaban J connectivity index is 2.02. The van der Waals surface area contributed by atoms with Crippen LogP contribution in [0.3, 0.4) is 0 Å². The Hall–Kier alpha value is -2.52. The normalized spacial score (nSPS) is 10.3. The largest absolute Gasteiger partial charge is 0.396 e. The monoisotopic (exact) mass is 295 g/mol. The molecule has 0 atom stereocenters. The van der Waals surface area contributed by atoms with Crippen LogP contribution >= 0.6 is 11.6 Å². The van der Waals surface area contributed by atoms with Crippen LogP contribution < -0.4 is 11.1 Å². The van der Waals surface area contributed by atoms with Gasteiger partial charge in [-0.25, -0.2) is 4.98 Å². The van der Waals surface area contributed by atoms with Crippen molar-refractivity contribution in [1.29, 1.82) is 0 Å². The Morgan fingerprint density at radius 3 is 2.38 bits per heavy atom. The number of anilines is 3. The van der Waals surface area contributed by atoms with Gasteiger partial charge in [-0.05, 0) is 23.8 Å². The van der Waals surface area contributed by atoms with Crippen LogP contribution in [0.4, 0.5) is 17.2 Å². The summed E-state index contributed by atoms with van der Waals surface area (Å²) in [5.41, 5.74) is 9.64. The first-order chi connectivity index (χ1) is 10.2. The smallest absolute Gasteiger partial charge is 0.155 e. The second-order valence-electron chi connectivity index (χ2n) is 4.61. The lowest BCUT2D eigenvalue weighted by molar-refractivity contribution is 1.31. The van der Waals surface area contributed by atoms with Gasteiger partial charge in [-0.2, -0.15) is 0 Å². The first-order valence-corrected chi connectivity index (χ1v) is 6.95. The summed E-state index contributed by atoms with van der Waals surface area (Å²) < 4.78 is 0. The van der Waals surface area contributed by atoms with Gasteiger partial charge in [0, 0.05) is 11.3 Å². The van der Waals surface area contributed by atoms with Crippen LogP contribution in [0, 0.1) is 0 Å². The highest BCUT2D eigenvalue weighted by Gasteiger charge is 2.07.